The van der Waals surface area contributed by atoms with E-state index in [-0.39, 0.29) is 6.04 Å². The van der Waals surface area contributed by atoms with Crippen LogP contribution in [0.5, 0.6) is 0 Å². The van der Waals surface area contributed by atoms with Gasteiger partial charge in [-0.05, 0) is 30.5 Å². The van der Waals surface area contributed by atoms with Gasteiger partial charge in [-0.15, -0.1) is 0 Å². The van der Waals surface area contributed by atoms with Crippen LogP contribution in [0.4, 0.5) is 0 Å². The summed E-state index contributed by atoms with van der Waals surface area (Å²) in [6.45, 7) is 0.820. The molecule has 4 nitrogen and oxygen atoms in total. The van der Waals surface area contributed by atoms with Gasteiger partial charge in [0.2, 0.25) is 0 Å². The third kappa shape index (κ3) is 5.51. The molecule has 1 unspecified atom stereocenters. The fraction of sp³-hybridized carbons (Fsp3) is 0.316. The van der Waals surface area contributed by atoms with Crippen LogP contribution in [-0.2, 0) is 4.79 Å². The predicted molar refractivity (Wildman–Crippen MR) is 92.2 cm³/mol. The Labute approximate surface area is 137 Å². The molecule has 0 heterocycles. The Hall–Kier alpha value is -2.17. The zero-order valence-corrected chi connectivity index (χ0v) is 13.2. The number of hydrogen-bond acceptors (Lipinski definition) is 3. The SMILES string of the molecule is NC(CCCCNC(c1ccccc1)c1ccccc1)C(=O)O. The number of rotatable bonds is 9. The average Bonchev–Trinajstić information content (AvgIpc) is 2.59. The van der Waals surface area contributed by atoms with Crippen molar-refractivity contribution in [1.82, 2.24) is 5.32 Å². The standard InChI is InChI=1S/C19H24N2O2/c20-17(19(22)23)13-7-8-14-21-18(15-9-3-1-4-10-15)16-11-5-2-6-12-16/h1-6,9-12,17-18,21H,7-8,13-14,20H2,(H,22,23). The van der Waals surface area contributed by atoms with E-state index in [2.05, 4.69) is 29.6 Å². The third-order valence-electron chi connectivity index (χ3n) is 3.87. The summed E-state index contributed by atoms with van der Waals surface area (Å²) in [5.41, 5.74) is 7.97. The Morgan fingerprint density at radius 3 is 1.96 bits per heavy atom. The van der Waals surface area contributed by atoms with Gasteiger partial charge >= 0.3 is 5.97 Å². The summed E-state index contributed by atoms with van der Waals surface area (Å²) in [7, 11) is 0. The second-order valence-corrected chi connectivity index (χ2v) is 5.65. The maximum absolute atomic E-state index is 10.7. The highest BCUT2D eigenvalue weighted by atomic mass is 16.4. The van der Waals surface area contributed by atoms with Crippen LogP contribution in [0.15, 0.2) is 60.7 Å². The van der Waals surface area contributed by atoms with Gasteiger partial charge < -0.3 is 16.2 Å². The molecule has 0 aromatic heterocycles. The molecular weight excluding hydrogens is 288 g/mol. The van der Waals surface area contributed by atoms with E-state index in [1.807, 2.05) is 36.4 Å². The van der Waals surface area contributed by atoms with Crippen molar-refractivity contribution in [3.05, 3.63) is 71.8 Å². The zero-order valence-electron chi connectivity index (χ0n) is 13.2. The van der Waals surface area contributed by atoms with Gasteiger partial charge in [0.25, 0.3) is 0 Å². The number of nitrogens with two attached hydrogens (primary N) is 1. The monoisotopic (exact) mass is 312 g/mol. The lowest BCUT2D eigenvalue weighted by Gasteiger charge is -2.20. The minimum atomic E-state index is -0.926. The number of nitrogens with one attached hydrogen (secondary N) is 1. The molecule has 122 valence electrons. The lowest BCUT2D eigenvalue weighted by atomic mass is 9.98. The fourth-order valence-electron chi connectivity index (χ4n) is 2.58. The van der Waals surface area contributed by atoms with Crippen LogP contribution in [0, 0.1) is 0 Å². The highest BCUT2D eigenvalue weighted by molar-refractivity contribution is 5.72. The first-order chi connectivity index (χ1) is 11.2. The van der Waals surface area contributed by atoms with E-state index < -0.39 is 12.0 Å². The molecule has 0 spiro atoms. The van der Waals surface area contributed by atoms with Gasteiger partial charge in [-0.25, -0.2) is 0 Å². The molecule has 0 aliphatic rings. The van der Waals surface area contributed by atoms with Crippen molar-refractivity contribution in [2.75, 3.05) is 6.54 Å². The van der Waals surface area contributed by atoms with Gasteiger partial charge in [-0.3, -0.25) is 4.79 Å². The lowest BCUT2D eigenvalue weighted by Crippen LogP contribution is -2.30. The largest absolute Gasteiger partial charge is 0.480 e. The van der Waals surface area contributed by atoms with E-state index >= 15 is 0 Å². The Kier molecular flexibility index (Phi) is 6.78. The maximum Gasteiger partial charge on any atom is 0.320 e. The van der Waals surface area contributed by atoms with Gasteiger partial charge in [0.15, 0.2) is 0 Å². The highest BCUT2D eigenvalue weighted by Crippen LogP contribution is 2.21. The number of carbonyl (C=O) groups is 1. The summed E-state index contributed by atoms with van der Waals surface area (Å²) >= 11 is 0. The van der Waals surface area contributed by atoms with E-state index in [1.165, 1.54) is 11.1 Å². The molecule has 2 aromatic carbocycles. The summed E-state index contributed by atoms with van der Waals surface area (Å²) in [5.74, 6) is -0.926. The summed E-state index contributed by atoms with van der Waals surface area (Å²) in [6.07, 6.45) is 2.21. The smallest absolute Gasteiger partial charge is 0.320 e. The van der Waals surface area contributed by atoms with Crippen LogP contribution < -0.4 is 11.1 Å². The zero-order chi connectivity index (χ0) is 16.5. The predicted octanol–water partition coefficient (Wildman–Crippen LogP) is 2.95. The van der Waals surface area contributed by atoms with Crippen LogP contribution in [-0.4, -0.2) is 23.7 Å². The second-order valence-electron chi connectivity index (χ2n) is 5.65. The first-order valence-corrected chi connectivity index (χ1v) is 8.00. The highest BCUT2D eigenvalue weighted by Gasteiger charge is 2.13. The summed E-state index contributed by atoms with van der Waals surface area (Å²) < 4.78 is 0. The van der Waals surface area contributed by atoms with Crippen molar-refractivity contribution in [3.63, 3.8) is 0 Å². The summed E-state index contributed by atoms with van der Waals surface area (Å²) in [6, 6.07) is 20.0. The molecule has 4 N–H and O–H groups in total. The van der Waals surface area contributed by atoms with Gasteiger partial charge in [-0.2, -0.15) is 0 Å². The number of carboxylic acid groups (broad SMARTS) is 1. The molecule has 4 heteroatoms. The molecule has 0 amide bonds. The number of carboxylic acids is 1. The van der Waals surface area contributed by atoms with Crippen LogP contribution in [0.1, 0.15) is 36.4 Å². The maximum atomic E-state index is 10.7. The summed E-state index contributed by atoms with van der Waals surface area (Å²) in [4.78, 5) is 10.7. The van der Waals surface area contributed by atoms with E-state index in [0.717, 1.165) is 19.4 Å². The Bertz CT molecular complexity index is 547. The Morgan fingerprint density at radius 1 is 0.957 bits per heavy atom. The van der Waals surface area contributed by atoms with Gasteiger partial charge in [0, 0.05) is 0 Å². The van der Waals surface area contributed by atoms with Crippen LogP contribution in [0.2, 0.25) is 0 Å². The van der Waals surface area contributed by atoms with Crippen molar-refractivity contribution >= 4 is 5.97 Å². The van der Waals surface area contributed by atoms with Crippen LogP contribution >= 0.6 is 0 Å². The minimum Gasteiger partial charge on any atom is -0.480 e. The molecule has 0 bridgehead atoms. The van der Waals surface area contributed by atoms with Crippen LogP contribution in [0.25, 0.3) is 0 Å². The first kappa shape index (κ1) is 17.2. The normalized spacial score (nSPS) is 12.3. The molecule has 0 aliphatic carbocycles. The number of benzene rings is 2. The molecule has 0 radical (unpaired) electrons. The van der Waals surface area contributed by atoms with Gasteiger partial charge in [0.05, 0.1) is 6.04 Å². The number of hydrogen-bond donors (Lipinski definition) is 3. The van der Waals surface area contributed by atoms with E-state index in [9.17, 15) is 4.79 Å². The van der Waals surface area contributed by atoms with Crippen LogP contribution in [0.3, 0.4) is 0 Å². The van der Waals surface area contributed by atoms with Crippen molar-refractivity contribution in [2.45, 2.75) is 31.3 Å². The van der Waals surface area contributed by atoms with Crippen molar-refractivity contribution in [1.29, 1.82) is 0 Å². The minimum absolute atomic E-state index is 0.144. The lowest BCUT2D eigenvalue weighted by molar-refractivity contribution is -0.138. The molecule has 1 atom stereocenters. The summed E-state index contributed by atoms with van der Waals surface area (Å²) in [5, 5.41) is 12.4. The molecule has 2 aromatic rings. The molecule has 0 saturated carbocycles. The third-order valence-corrected chi connectivity index (χ3v) is 3.87. The Balaban J connectivity index is 1.91. The van der Waals surface area contributed by atoms with E-state index in [1.54, 1.807) is 0 Å². The average molecular weight is 312 g/mol. The molecule has 0 aliphatic heterocycles. The van der Waals surface area contributed by atoms with E-state index in [4.69, 9.17) is 10.8 Å². The Morgan fingerprint density at radius 2 is 1.48 bits per heavy atom. The first-order valence-electron chi connectivity index (χ1n) is 8.00. The van der Waals surface area contributed by atoms with E-state index in [0.29, 0.717) is 6.42 Å². The molecular formula is C19H24N2O2. The second kappa shape index (κ2) is 9.08. The topological polar surface area (TPSA) is 75.3 Å². The van der Waals surface area contributed by atoms with Crippen molar-refractivity contribution in [3.8, 4) is 0 Å². The van der Waals surface area contributed by atoms with Gasteiger partial charge in [-0.1, -0.05) is 67.1 Å². The molecule has 0 saturated heterocycles. The van der Waals surface area contributed by atoms with Crippen molar-refractivity contribution < 1.29 is 9.90 Å². The number of aliphatic carboxylic acids is 1. The van der Waals surface area contributed by atoms with Gasteiger partial charge in [0.1, 0.15) is 6.04 Å². The molecule has 2 rings (SSSR count). The molecule has 23 heavy (non-hydrogen) atoms. The molecule has 0 fully saturated rings. The quantitative estimate of drug-likeness (QED) is 0.622. The van der Waals surface area contributed by atoms with Crippen molar-refractivity contribution in [2.24, 2.45) is 5.73 Å². The fourth-order valence-corrected chi connectivity index (χ4v) is 2.58. The number of unbranched alkanes of at least 4 members (excludes halogenated alkanes) is 1.